The van der Waals surface area contributed by atoms with Crippen molar-refractivity contribution in [2.24, 2.45) is 16.5 Å². The Balaban J connectivity index is 2.43. The predicted octanol–water partition coefficient (Wildman–Crippen LogP) is 1.23. The van der Waals surface area contributed by atoms with Gasteiger partial charge in [-0.05, 0) is 12.1 Å². The molecule has 0 aromatic carbocycles. The van der Waals surface area contributed by atoms with Crippen LogP contribution in [0.25, 0.3) is 0 Å². The molecule has 18 heavy (non-hydrogen) atoms. The molecule has 0 saturated heterocycles. The quantitative estimate of drug-likeness (QED) is 0.408. The minimum atomic E-state index is 0.000783. The molecule has 1 heterocycles. The Morgan fingerprint density at radius 1 is 1.50 bits per heavy atom. The van der Waals surface area contributed by atoms with E-state index in [0.717, 1.165) is 17.2 Å². The molecule has 0 unspecified atom stereocenters. The predicted molar refractivity (Wildman–Crippen MR) is 75.2 cm³/mol. The number of pyridine rings is 1. The SMILES string of the molecule is COC(=N)CCSCc1cccc(N=C(N)N)n1. The number of guanidine groups is 1. The van der Waals surface area contributed by atoms with E-state index in [1.165, 1.54) is 7.11 Å². The van der Waals surface area contributed by atoms with Crippen molar-refractivity contribution in [3.8, 4) is 0 Å². The minimum Gasteiger partial charge on any atom is -0.484 e. The van der Waals surface area contributed by atoms with Gasteiger partial charge in [0.25, 0.3) is 0 Å². The largest absolute Gasteiger partial charge is 0.484 e. The summed E-state index contributed by atoms with van der Waals surface area (Å²) in [5.74, 6) is 2.38. The molecule has 0 aliphatic heterocycles. The summed E-state index contributed by atoms with van der Waals surface area (Å²) in [5.41, 5.74) is 11.5. The molecule has 0 bridgehead atoms. The van der Waals surface area contributed by atoms with Gasteiger partial charge in [-0.15, -0.1) is 0 Å². The highest BCUT2D eigenvalue weighted by atomic mass is 32.2. The van der Waals surface area contributed by atoms with Crippen molar-refractivity contribution in [2.45, 2.75) is 12.2 Å². The number of nitrogens with zero attached hydrogens (tertiary/aromatic N) is 2. The van der Waals surface area contributed by atoms with E-state index in [1.54, 1.807) is 17.8 Å². The number of hydrogen-bond donors (Lipinski definition) is 3. The van der Waals surface area contributed by atoms with E-state index in [0.29, 0.717) is 18.1 Å². The highest BCUT2D eigenvalue weighted by Crippen LogP contribution is 2.15. The lowest BCUT2D eigenvalue weighted by Gasteiger charge is -2.03. The summed E-state index contributed by atoms with van der Waals surface area (Å²) in [6.07, 6.45) is 0.620. The molecular formula is C11H17N5OS. The van der Waals surface area contributed by atoms with E-state index in [2.05, 4.69) is 9.98 Å². The maximum Gasteiger partial charge on any atom is 0.192 e. The third-order valence-corrected chi connectivity index (χ3v) is 3.00. The van der Waals surface area contributed by atoms with Gasteiger partial charge in [0, 0.05) is 17.9 Å². The summed E-state index contributed by atoms with van der Waals surface area (Å²) in [6.45, 7) is 0. The van der Waals surface area contributed by atoms with E-state index in [-0.39, 0.29) is 5.96 Å². The first-order chi connectivity index (χ1) is 8.61. The highest BCUT2D eigenvalue weighted by molar-refractivity contribution is 7.98. The van der Waals surface area contributed by atoms with E-state index < -0.39 is 0 Å². The Morgan fingerprint density at radius 3 is 2.94 bits per heavy atom. The average Bonchev–Trinajstić information content (AvgIpc) is 2.34. The Kier molecular flexibility index (Phi) is 5.99. The Bertz CT molecular complexity index is 431. The monoisotopic (exact) mass is 267 g/mol. The summed E-state index contributed by atoms with van der Waals surface area (Å²) in [7, 11) is 1.51. The Hall–Kier alpha value is -1.76. The number of hydrogen-bond acceptors (Lipinski definition) is 5. The van der Waals surface area contributed by atoms with Crippen molar-refractivity contribution in [3.05, 3.63) is 23.9 Å². The molecule has 0 amide bonds. The summed E-state index contributed by atoms with van der Waals surface area (Å²) in [6, 6.07) is 5.52. The maximum absolute atomic E-state index is 7.33. The van der Waals surface area contributed by atoms with Gasteiger partial charge < -0.3 is 16.2 Å². The number of methoxy groups -OCH3 is 1. The second kappa shape index (κ2) is 7.54. The van der Waals surface area contributed by atoms with Crippen LogP contribution in [0, 0.1) is 5.41 Å². The number of nitrogens with one attached hydrogen (secondary N) is 1. The van der Waals surface area contributed by atoms with E-state index in [1.807, 2.05) is 12.1 Å². The number of aromatic nitrogens is 1. The molecule has 98 valence electrons. The molecule has 0 atom stereocenters. The van der Waals surface area contributed by atoms with Crippen molar-refractivity contribution in [1.82, 2.24) is 4.98 Å². The van der Waals surface area contributed by atoms with Crippen LogP contribution in [0.4, 0.5) is 5.82 Å². The molecule has 0 spiro atoms. The number of aliphatic imine (C=N–C) groups is 1. The lowest BCUT2D eigenvalue weighted by molar-refractivity contribution is 0.389. The van der Waals surface area contributed by atoms with Gasteiger partial charge in [0.1, 0.15) is 0 Å². The van der Waals surface area contributed by atoms with Gasteiger partial charge >= 0.3 is 0 Å². The molecular weight excluding hydrogens is 250 g/mol. The molecule has 1 aromatic rings. The van der Waals surface area contributed by atoms with Crippen molar-refractivity contribution in [2.75, 3.05) is 12.9 Å². The van der Waals surface area contributed by atoms with Crippen LogP contribution in [-0.4, -0.2) is 29.7 Å². The van der Waals surface area contributed by atoms with Crippen molar-refractivity contribution >= 4 is 29.4 Å². The van der Waals surface area contributed by atoms with Gasteiger partial charge in [0.2, 0.25) is 0 Å². The fraction of sp³-hybridized carbons (Fsp3) is 0.364. The van der Waals surface area contributed by atoms with Gasteiger partial charge in [0.05, 0.1) is 12.8 Å². The first kappa shape index (κ1) is 14.3. The van der Waals surface area contributed by atoms with Crippen LogP contribution in [0.5, 0.6) is 0 Å². The number of rotatable bonds is 6. The van der Waals surface area contributed by atoms with E-state index >= 15 is 0 Å². The van der Waals surface area contributed by atoms with Crippen LogP contribution in [0.1, 0.15) is 12.1 Å². The van der Waals surface area contributed by atoms with Crippen LogP contribution < -0.4 is 11.5 Å². The summed E-state index contributed by atoms with van der Waals surface area (Å²) in [4.78, 5) is 8.18. The molecule has 7 heteroatoms. The first-order valence-corrected chi connectivity index (χ1v) is 6.52. The van der Waals surface area contributed by atoms with Crippen LogP contribution in [0.15, 0.2) is 23.2 Å². The third-order valence-electron chi connectivity index (χ3n) is 2.01. The molecule has 0 saturated carbocycles. The van der Waals surface area contributed by atoms with Crippen molar-refractivity contribution in [1.29, 1.82) is 5.41 Å². The molecule has 0 aliphatic carbocycles. The second-order valence-corrected chi connectivity index (χ2v) is 4.56. The first-order valence-electron chi connectivity index (χ1n) is 5.36. The maximum atomic E-state index is 7.33. The third kappa shape index (κ3) is 5.53. The smallest absolute Gasteiger partial charge is 0.192 e. The topological polar surface area (TPSA) is 110 Å². The normalized spacial score (nSPS) is 9.83. The highest BCUT2D eigenvalue weighted by Gasteiger charge is 2.00. The van der Waals surface area contributed by atoms with Crippen molar-refractivity contribution in [3.63, 3.8) is 0 Å². The van der Waals surface area contributed by atoms with E-state index in [4.69, 9.17) is 21.6 Å². The fourth-order valence-electron chi connectivity index (χ4n) is 1.19. The molecule has 0 radical (unpaired) electrons. The summed E-state index contributed by atoms with van der Waals surface area (Å²) < 4.78 is 4.77. The van der Waals surface area contributed by atoms with Gasteiger partial charge in [-0.2, -0.15) is 16.8 Å². The molecule has 1 rings (SSSR count). The number of ether oxygens (including phenoxy) is 1. The molecule has 1 aromatic heterocycles. The van der Waals surface area contributed by atoms with Crippen LogP contribution in [0.2, 0.25) is 0 Å². The molecule has 0 aliphatic rings. The van der Waals surface area contributed by atoms with Gasteiger partial charge in [-0.1, -0.05) is 6.07 Å². The van der Waals surface area contributed by atoms with Gasteiger partial charge in [0.15, 0.2) is 17.7 Å². The zero-order valence-corrected chi connectivity index (χ0v) is 11.0. The zero-order valence-electron chi connectivity index (χ0n) is 10.2. The van der Waals surface area contributed by atoms with Crippen molar-refractivity contribution < 1.29 is 4.74 Å². The Labute approximate surface area is 110 Å². The summed E-state index contributed by atoms with van der Waals surface area (Å²) in [5, 5.41) is 7.33. The van der Waals surface area contributed by atoms with Gasteiger partial charge in [-0.25, -0.2) is 4.98 Å². The fourth-order valence-corrected chi connectivity index (χ4v) is 2.03. The van der Waals surface area contributed by atoms with Gasteiger partial charge in [-0.3, -0.25) is 5.41 Å². The minimum absolute atomic E-state index is 0.000783. The zero-order chi connectivity index (χ0) is 13.4. The number of nitrogens with two attached hydrogens (primary N) is 2. The average molecular weight is 267 g/mol. The Morgan fingerprint density at radius 2 is 2.28 bits per heavy atom. The lowest BCUT2D eigenvalue weighted by Crippen LogP contribution is -2.22. The molecule has 6 nitrogen and oxygen atoms in total. The molecule has 0 fully saturated rings. The van der Waals surface area contributed by atoms with Crippen LogP contribution in [-0.2, 0) is 10.5 Å². The van der Waals surface area contributed by atoms with Crippen LogP contribution in [0.3, 0.4) is 0 Å². The standard InChI is InChI=1S/C11H17N5OS/c1-17-9(12)5-6-18-7-8-3-2-4-10(15-8)16-11(13)14/h2-4,12H,5-7H2,1H3,(H4,13,14,15,16). The number of thioether (sulfide) groups is 1. The second-order valence-electron chi connectivity index (χ2n) is 3.45. The summed E-state index contributed by atoms with van der Waals surface area (Å²) >= 11 is 1.68. The van der Waals surface area contributed by atoms with E-state index in [9.17, 15) is 0 Å². The lowest BCUT2D eigenvalue weighted by atomic mass is 10.4. The molecule has 5 N–H and O–H groups in total. The van der Waals surface area contributed by atoms with Crippen LogP contribution >= 0.6 is 11.8 Å².